The van der Waals surface area contributed by atoms with Gasteiger partial charge >= 0.3 is 5.97 Å². The first-order valence-corrected chi connectivity index (χ1v) is 4.31. The monoisotopic (exact) mass is 205 g/mol. The van der Waals surface area contributed by atoms with Crippen LogP contribution in [0, 0.1) is 5.92 Å². The van der Waals surface area contributed by atoms with E-state index in [1.165, 1.54) is 6.08 Å². The van der Waals surface area contributed by atoms with Crippen LogP contribution in [0.3, 0.4) is 0 Å². The zero-order chi connectivity index (χ0) is 10.4. The minimum Gasteiger partial charge on any atom is -0.477 e. The topological polar surface area (TPSA) is 66.4 Å². The van der Waals surface area contributed by atoms with Gasteiger partial charge in [0.1, 0.15) is 11.6 Å². The third-order valence-corrected chi connectivity index (χ3v) is 1.37. The molecule has 5 heteroatoms. The number of carbonyl (C=O) groups is 2. The number of rotatable bonds is 4. The van der Waals surface area contributed by atoms with Crippen molar-refractivity contribution in [1.29, 1.82) is 0 Å². The Kier molecular flexibility index (Phi) is 5.14. The van der Waals surface area contributed by atoms with Crippen LogP contribution >= 0.6 is 11.6 Å². The van der Waals surface area contributed by atoms with Gasteiger partial charge in [-0.1, -0.05) is 19.9 Å². The van der Waals surface area contributed by atoms with Crippen molar-refractivity contribution in [2.45, 2.75) is 13.8 Å². The van der Waals surface area contributed by atoms with Crippen molar-refractivity contribution in [2.24, 2.45) is 5.92 Å². The quantitative estimate of drug-likeness (QED) is 0.531. The molecule has 0 saturated carbocycles. The first-order chi connectivity index (χ1) is 5.97. The number of carbonyl (C=O) groups excluding carboxylic acids is 1. The number of aliphatic carboxylic acids is 1. The molecule has 1 amide bonds. The van der Waals surface area contributed by atoms with E-state index in [4.69, 9.17) is 16.7 Å². The third kappa shape index (κ3) is 5.25. The van der Waals surface area contributed by atoms with Crippen LogP contribution in [0.25, 0.3) is 0 Å². The lowest BCUT2D eigenvalue weighted by Crippen LogP contribution is -2.28. The van der Waals surface area contributed by atoms with E-state index in [1.807, 2.05) is 13.8 Å². The lowest BCUT2D eigenvalue weighted by molar-refractivity contribution is -0.134. The van der Waals surface area contributed by atoms with Gasteiger partial charge in [-0.25, -0.2) is 4.79 Å². The molecule has 0 aliphatic rings. The van der Waals surface area contributed by atoms with E-state index in [0.717, 1.165) is 0 Å². The van der Waals surface area contributed by atoms with Crippen LogP contribution in [0.5, 0.6) is 0 Å². The lowest BCUT2D eigenvalue weighted by atomic mass is 10.2. The predicted octanol–water partition coefficient (Wildman–Crippen LogP) is 0.966. The van der Waals surface area contributed by atoms with E-state index in [9.17, 15) is 9.59 Å². The van der Waals surface area contributed by atoms with Crippen molar-refractivity contribution in [3.8, 4) is 0 Å². The van der Waals surface area contributed by atoms with Crippen molar-refractivity contribution in [3.05, 3.63) is 11.8 Å². The summed E-state index contributed by atoms with van der Waals surface area (Å²) in [5.74, 6) is -1.87. The fourth-order valence-corrected chi connectivity index (χ4v) is 0.750. The van der Waals surface area contributed by atoms with Gasteiger partial charge in [0.2, 0.25) is 5.91 Å². The second kappa shape index (κ2) is 5.59. The Hall–Kier alpha value is -1.03. The summed E-state index contributed by atoms with van der Waals surface area (Å²) < 4.78 is 0. The molecule has 13 heavy (non-hydrogen) atoms. The highest BCUT2D eigenvalue weighted by Gasteiger charge is 2.10. The van der Waals surface area contributed by atoms with Crippen LogP contribution < -0.4 is 5.32 Å². The number of nitrogens with one attached hydrogen (secondary N) is 1. The third-order valence-electron chi connectivity index (χ3n) is 1.13. The maximum Gasteiger partial charge on any atom is 0.352 e. The van der Waals surface area contributed by atoms with Gasteiger partial charge in [-0.3, -0.25) is 4.79 Å². The highest BCUT2D eigenvalue weighted by Crippen LogP contribution is 1.99. The SMILES string of the molecule is CC(C)/C=C(/NC(=O)CCl)C(=O)O. The second-order valence-corrected chi connectivity index (χ2v) is 3.08. The predicted molar refractivity (Wildman–Crippen MR) is 49.4 cm³/mol. The molecule has 0 aromatic heterocycles. The Labute approximate surface area is 81.6 Å². The van der Waals surface area contributed by atoms with Crippen LogP contribution in [0.1, 0.15) is 13.8 Å². The van der Waals surface area contributed by atoms with Crippen LogP contribution in [0.4, 0.5) is 0 Å². The number of carboxylic acid groups (broad SMARTS) is 1. The fourth-order valence-electron chi connectivity index (χ4n) is 0.683. The van der Waals surface area contributed by atoms with Crippen molar-refractivity contribution in [1.82, 2.24) is 5.32 Å². The summed E-state index contributed by atoms with van der Waals surface area (Å²) in [6, 6.07) is 0. The Bertz CT molecular complexity index is 236. The summed E-state index contributed by atoms with van der Waals surface area (Å²) in [4.78, 5) is 21.3. The van der Waals surface area contributed by atoms with Gasteiger partial charge in [-0.2, -0.15) is 0 Å². The number of halogens is 1. The van der Waals surface area contributed by atoms with E-state index >= 15 is 0 Å². The summed E-state index contributed by atoms with van der Waals surface area (Å²) in [7, 11) is 0. The zero-order valence-electron chi connectivity index (χ0n) is 7.50. The van der Waals surface area contributed by atoms with E-state index in [1.54, 1.807) is 0 Å². The van der Waals surface area contributed by atoms with Gasteiger partial charge < -0.3 is 10.4 Å². The second-order valence-electron chi connectivity index (χ2n) is 2.81. The highest BCUT2D eigenvalue weighted by atomic mass is 35.5. The van der Waals surface area contributed by atoms with Crippen molar-refractivity contribution in [3.63, 3.8) is 0 Å². The molecule has 74 valence electrons. The number of hydrogen-bond acceptors (Lipinski definition) is 2. The molecule has 0 bridgehead atoms. The first-order valence-electron chi connectivity index (χ1n) is 3.78. The molecule has 0 heterocycles. The molecule has 0 fully saturated rings. The Balaban J connectivity index is 4.45. The van der Waals surface area contributed by atoms with E-state index in [0.29, 0.717) is 0 Å². The number of amides is 1. The van der Waals surface area contributed by atoms with Crippen LogP contribution in [0.2, 0.25) is 0 Å². The van der Waals surface area contributed by atoms with Crippen LogP contribution in [-0.4, -0.2) is 22.9 Å². The maximum atomic E-state index is 10.8. The van der Waals surface area contributed by atoms with Gasteiger partial charge in [0.05, 0.1) is 0 Å². The van der Waals surface area contributed by atoms with Crippen molar-refractivity contribution >= 4 is 23.5 Å². The van der Waals surface area contributed by atoms with E-state index < -0.39 is 11.9 Å². The number of allylic oxidation sites excluding steroid dienone is 1. The zero-order valence-corrected chi connectivity index (χ0v) is 8.26. The van der Waals surface area contributed by atoms with Crippen molar-refractivity contribution < 1.29 is 14.7 Å². The van der Waals surface area contributed by atoms with Crippen LogP contribution in [0.15, 0.2) is 11.8 Å². The highest BCUT2D eigenvalue weighted by molar-refractivity contribution is 6.27. The molecule has 0 aliphatic heterocycles. The Morgan fingerprint density at radius 1 is 1.54 bits per heavy atom. The summed E-state index contributed by atoms with van der Waals surface area (Å²) >= 11 is 5.21. The standard InChI is InChI=1S/C8H12ClNO3/c1-5(2)3-6(8(12)13)10-7(11)4-9/h3,5H,4H2,1-2H3,(H,10,11)(H,12,13)/b6-3+. The molecule has 0 unspecified atom stereocenters. The molecule has 4 nitrogen and oxygen atoms in total. The minimum absolute atomic E-state index is 0.0572. The Morgan fingerprint density at radius 3 is 2.38 bits per heavy atom. The lowest BCUT2D eigenvalue weighted by Gasteiger charge is -2.04. The molecule has 0 aromatic carbocycles. The summed E-state index contributed by atoms with van der Waals surface area (Å²) in [6.07, 6.45) is 1.45. The fraction of sp³-hybridized carbons (Fsp3) is 0.500. The van der Waals surface area contributed by atoms with Crippen molar-refractivity contribution in [2.75, 3.05) is 5.88 Å². The molecule has 0 saturated heterocycles. The van der Waals surface area contributed by atoms with E-state index in [2.05, 4.69) is 5.32 Å². The van der Waals surface area contributed by atoms with Gasteiger partial charge in [-0.05, 0) is 5.92 Å². The van der Waals surface area contributed by atoms with Gasteiger partial charge in [0.15, 0.2) is 0 Å². The summed E-state index contributed by atoms with van der Waals surface area (Å²) in [5, 5.41) is 10.8. The Morgan fingerprint density at radius 2 is 2.08 bits per heavy atom. The van der Waals surface area contributed by atoms with Crippen LogP contribution in [-0.2, 0) is 9.59 Å². The average molecular weight is 206 g/mol. The molecule has 0 atom stereocenters. The maximum absolute atomic E-state index is 10.8. The largest absolute Gasteiger partial charge is 0.477 e. The molecular formula is C8H12ClNO3. The first kappa shape index (κ1) is 12.0. The molecule has 0 spiro atoms. The molecule has 0 rings (SSSR count). The van der Waals surface area contributed by atoms with Gasteiger partial charge in [0, 0.05) is 0 Å². The van der Waals surface area contributed by atoms with E-state index in [-0.39, 0.29) is 17.5 Å². The molecule has 0 radical (unpaired) electrons. The number of hydrogen-bond donors (Lipinski definition) is 2. The molecule has 0 aliphatic carbocycles. The normalized spacial score (nSPS) is 11.5. The van der Waals surface area contributed by atoms with Gasteiger partial charge in [0.25, 0.3) is 0 Å². The number of carboxylic acids is 1. The summed E-state index contributed by atoms with van der Waals surface area (Å²) in [6.45, 7) is 3.63. The summed E-state index contributed by atoms with van der Waals surface area (Å²) in [5.41, 5.74) is -0.124. The average Bonchev–Trinajstić information content (AvgIpc) is 2.02. The molecule has 2 N–H and O–H groups in total. The number of alkyl halides is 1. The smallest absolute Gasteiger partial charge is 0.352 e. The molecule has 0 aromatic rings. The van der Waals surface area contributed by atoms with Gasteiger partial charge in [-0.15, -0.1) is 11.6 Å². The molecular weight excluding hydrogens is 194 g/mol. The minimum atomic E-state index is -1.16.